The molecule has 1 N–H and O–H groups in total. The SMILES string of the molecule is CCn1cc(C(O)c2ccc(C)nc2)cn1. The van der Waals surface area contributed by atoms with Gasteiger partial charge in [0.2, 0.25) is 0 Å². The minimum Gasteiger partial charge on any atom is -0.383 e. The molecule has 0 amide bonds. The van der Waals surface area contributed by atoms with E-state index in [4.69, 9.17) is 0 Å². The van der Waals surface area contributed by atoms with Gasteiger partial charge < -0.3 is 5.11 Å². The lowest BCUT2D eigenvalue weighted by Crippen LogP contribution is -1.99. The maximum Gasteiger partial charge on any atom is 0.109 e. The van der Waals surface area contributed by atoms with E-state index in [1.165, 1.54) is 0 Å². The third kappa shape index (κ3) is 2.12. The second kappa shape index (κ2) is 4.45. The van der Waals surface area contributed by atoms with E-state index >= 15 is 0 Å². The molecule has 0 aliphatic carbocycles. The number of hydrogen-bond donors (Lipinski definition) is 1. The molecule has 1 unspecified atom stereocenters. The van der Waals surface area contributed by atoms with Crippen molar-refractivity contribution in [1.29, 1.82) is 0 Å². The summed E-state index contributed by atoms with van der Waals surface area (Å²) in [6, 6.07) is 3.78. The maximum absolute atomic E-state index is 10.1. The summed E-state index contributed by atoms with van der Waals surface area (Å²) in [5.41, 5.74) is 2.54. The Labute approximate surface area is 94.6 Å². The molecule has 0 aliphatic rings. The number of hydrogen-bond acceptors (Lipinski definition) is 3. The van der Waals surface area contributed by atoms with Crippen LogP contribution in [0.1, 0.15) is 29.8 Å². The number of aromatic nitrogens is 3. The number of pyridine rings is 1. The largest absolute Gasteiger partial charge is 0.383 e. The highest BCUT2D eigenvalue weighted by Crippen LogP contribution is 2.20. The van der Waals surface area contributed by atoms with Gasteiger partial charge in [0.15, 0.2) is 0 Å². The van der Waals surface area contributed by atoms with Crippen LogP contribution in [0, 0.1) is 6.92 Å². The summed E-state index contributed by atoms with van der Waals surface area (Å²) in [5, 5.41) is 14.2. The molecule has 0 spiro atoms. The number of aryl methyl sites for hydroxylation is 2. The van der Waals surface area contributed by atoms with Crippen molar-refractivity contribution in [2.45, 2.75) is 26.5 Å². The Kier molecular flexibility index (Phi) is 3.01. The molecule has 0 saturated heterocycles. The third-order valence-corrected chi connectivity index (χ3v) is 2.54. The minimum absolute atomic E-state index is 0.645. The van der Waals surface area contributed by atoms with Crippen LogP contribution in [0.15, 0.2) is 30.7 Å². The van der Waals surface area contributed by atoms with Crippen LogP contribution in [-0.2, 0) is 6.54 Å². The van der Waals surface area contributed by atoms with Gasteiger partial charge in [0.25, 0.3) is 0 Å². The van der Waals surface area contributed by atoms with Crippen LogP contribution in [-0.4, -0.2) is 19.9 Å². The lowest BCUT2D eigenvalue weighted by molar-refractivity contribution is 0.219. The van der Waals surface area contributed by atoms with Gasteiger partial charge in [-0.2, -0.15) is 5.10 Å². The first kappa shape index (κ1) is 10.8. The number of nitrogens with zero attached hydrogens (tertiary/aromatic N) is 3. The molecule has 0 bridgehead atoms. The zero-order valence-corrected chi connectivity index (χ0v) is 9.46. The molecule has 1 atom stereocenters. The Morgan fingerprint density at radius 3 is 2.69 bits per heavy atom. The van der Waals surface area contributed by atoms with E-state index in [9.17, 15) is 5.11 Å². The molecule has 4 nitrogen and oxygen atoms in total. The topological polar surface area (TPSA) is 50.9 Å². The Hall–Kier alpha value is -1.68. The molecule has 0 saturated carbocycles. The molecule has 2 heterocycles. The van der Waals surface area contributed by atoms with Crippen molar-refractivity contribution in [2.24, 2.45) is 0 Å². The second-order valence-electron chi connectivity index (χ2n) is 3.76. The smallest absolute Gasteiger partial charge is 0.109 e. The first-order valence-corrected chi connectivity index (χ1v) is 5.33. The van der Waals surface area contributed by atoms with Gasteiger partial charge in [0.05, 0.1) is 6.20 Å². The highest BCUT2D eigenvalue weighted by Gasteiger charge is 2.12. The van der Waals surface area contributed by atoms with Crippen molar-refractivity contribution in [2.75, 3.05) is 0 Å². The van der Waals surface area contributed by atoms with Crippen LogP contribution in [0.25, 0.3) is 0 Å². The summed E-state index contributed by atoms with van der Waals surface area (Å²) < 4.78 is 1.79. The van der Waals surface area contributed by atoms with E-state index in [0.29, 0.717) is 0 Å². The third-order valence-electron chi connectivity index (χ3n) is 2.54. The number of aliphatic hydroxyl groups excluding tert-OH is 1. The average Bonchev–Trinajstić information content (AvgIpc) is 2.77. The molecule has 16 heavy (non-hydrogen) atoms. The van der Waals surface area contributed by atoms with E-state index < -0.39 is 6.10 Å². The van der Waals surface area contributed by atoms with E-state index in [-0.39, 0.29) is 0 Å². The van der Waals surface area contributed by atoms with Gasteiger partial charge in [-0.15, -0.1) is 0 Å². The van der Waals surface area contributed by atoms with Crippen molar-refractivity contribution < 1.29 is 5.11 Å². The molecule has 2 aromatic heterocycles. The van der Waals surface area contributed by atoms with E-state index in [0.717, 1.165) is 23.4 Å². The lowest BCUT2D eigenvalue weighted by Gasteiger charge is -2.08. The van der Waals surface area contributed by atoms with Crippen molar-refractivity contribution in [1.82, 2.24) is 14.8 Å². The molecule has 0 radical (unpaired) electrons. The summed E-state index contributed by atoms with van der Waals surface area (Å²) in [7, 11) is 0. The Morgan fingerprint density at radius 1 is 1.31 bits per heavy atom. The van der Waals surface area contributed by atoms with Crippen LogP contribution >= 0.6 is 0 Å². The van der Waals surface area contributed by atoms with Crippen molar-refractivity contribution in [3.63, 3.8) is 0 Å². The molecule has 84 valence electrons. The first-order valence-electron chi connectivity index (χ1n) is 5.33. The summed E-state index contributed by atoms with van der Waals surface area (Å²) >= 11 is 0. The summed E-state index contributed by atoms with van der Waals surface area (Å²) in [6.45, 7) is 4.74. The summed E-state index contributed by atoms with van der Waals surface area (Å²) in [4.78, 5) is 4.17. The van der Waals surface area contributed by atoms with Crippen molar-refractivity contribution >= 4 is 0 Å². The van der Waals surface area contributed by atoms with E-state index in [1.807, 2.05) is 32.2 Å². The first-order chi connectivity index (χ1) is 7.70. The lowest BCUT2D eigenvalue weighted by atomic mass is 10.1. The maximum atomic E-state index is 10.1. The van der Waals surface area contributed by atoms with Crippen LogP contribution in [0.2, 0.25) is 0 Å². The van der Waals surface area contributed by atoms with Gasteiger partial charge in [-0.05, 0) is 19.9 Å². The van der Waals surface area contributed by atoms with E-state index in [2.05, 4.69) is 10.1 Å². The molecule has 0 aromatic carbocycles. The number of aliphatic hydroxyl groups is 1. The van der Waals surface area contributed by atoms with Gasteiger partial charge in [-0.25, -0.2) is 0 Å². The Balaban J connectivity index is 2.24. The standard InChI is InChI=1S/C12H15N3O/c1-3-15-8-11(7-14-15)12(16)10-5-4-9(2)13-6-10/h4-8,12,16H,3H2,1-2H3. The fraction of sp³-hybridized carbons (Fsp3) is 0.333. The van der Waals surface area contributed by atoms with Crippen LogP contribution in [0.3, 0.4) is 0 Å². The predicted molar refractivity (Wildman–Crippen MR) is 60.9 cm³/mol. The Morgan fingerprint density at radius 2 is 2.12 bits per heavy atom. The van der Waals surface area contributed by atoms with Crippen LogP contribution < -0.4 is 0 Å². The second-order valence-corrected chi connectivity index (χ2v) is 3.76. The molecular weight excluding hydrogens is 202 g/mol. The fourth-order valence-electron chi connectivity index (χ4n) is 1.53. The highest BCUT2D eigenvalue weighted by atomic mass is 16.3. The summed E-state index contributed by atoms with van der Waals surface area (Å²) in [5.74, 6) is 0. The minimum atomic E-state index is -0.645. The zero-order valence-electron chi connectivity index (χ0n) is 9.46. The monoisotopic (exact) mass is 217 g/mol. The fourth-order valence-corrected chi connectivity index (χ4v) is 1.53. The van der Waals surface area contributed by atoms with Crippen LogP contribution in [0.4, 0.5) is 0 Å². The summed E-state index contributed by atoms with van der Waals surface area (Å²) in [6.07, 6.45) is 4.59. The molecule has 4 heteroatoms. The zero-order chi connectivity index (χ0) is 11.5. The average molecular weight is 217 g/mol. The Bertz CT molecular complexity index is 461. The van der Waals surface area contributed by atoms with Gasteiger partial charge in [-0.3, -0.25) is 9.67 Å². The predicted octanol–water partition coefficient (Wildman–Crippen LogP) is 1.69. The molecule has 0 aliphatic heterocycles. The van der Waals surface area contributed by atoms with Gasteiger partial charge >= 0.3 is 0 Å². The van der Waals surface area contributed by atoms with Crippen LogP contribution in [0.5, 0.6) is 0 Å². The molecule has 2 aromatic rings. The molecule has 0 fully saturated rings. The quantitative estimate of drug-likeness (QED) is 0.851. The van der Waals surface area contributed by atoms with Gasteiger partial charge in [0, 0.05) is 35.8 Å². The van der Waals surface area contributed by atoms with Gasteiger partial charge in [-0.1, -0.05) is 6.07 Å². The highest BCUT2D eigenvalue weighted by molar-refractivity contribution is 5.25. The molecular formula is C12H15N3O. The molecule has 2 rings (SSSR count). The number of rotatable bonds is 3. The van der Waals surface area contributed by atoms with Gasteiger partial charge in [0.1, 0.15) is 6.10 Å². The normalized spacial score (nSPS) is 12.7. The van der Waals surface area contributed by atoms with E-state index in [1.54, 1.807) is 17.1 Å². The van der Waals surface area contributed by atoms with Crippen molar-refractivity contribution in [3.05, 3.63) is 47.5 Å². The van der Waals surface area contributed by atoms with Crippen molar-refractivity contribution in [3.8, 4) is 0 Å².